The van der Waals surface area contributed by atoms with Gasteiger partial charge in [-0.1, -0.05) is 38.5 Å². The first-order valence-corrected chi connectivity index (χ1v) is 8.58. The van der Waals surface area contributed by atoms with Gasteiger partial charge in [0.15, 0.2) is 0 Å². The highest BCUT2D eigenvalue weighted by Crippen LogP contribution is 2.08. The van der Waals surface area contributed by atoms with Crippen LogP contribution in [0.5, 0.6) is 0 Å². The Bertz CT molecular complexity index is 182. The summed E-state index contributed by atoms with van der Waals surface area (Å²) < 4.78 is 5.60. The summed E-state index contributed by atoms with van der Waals surface area (Å²) in [5, 5.41) is 17.8. The number of rotatable bonds is 16. The van der Waals surface area contributed by atoms with E-state index in [4.69, 9.17) is 26.4 Å². The molecule has 2 atom stereocenters. The molecule has 0 heterocycles. The smallest absolute Gasteiger partial charge is 0.102 e. The van der Waals surface area contributed by atoms with Crippen molar-refractivity contribution in [3.63, 3.8) is 0 Å². The van der Waals surface area contributed by atoms with E-state index in [1.54, 1.807) is 0 Å². The van der Waals surface area contributed by atoms with E-state index in [1.807, 2.05) is 0 Å². The molecular weight excluding hydrogens is 268 g/mol. The fourth-order valence-corrected chi connectivity index (χ4v) is 2.28. The summed E-state index contributed by atoms with van der Waals surface area (Å²) in [5.41, 5.74) is 10.5. The van der Waals surface area contributed by atoms with Gasteiger partial charge in [-0.2, -0.15) is 0 Å². The molecule has 6 N–H and O–H groups in total. The van der Waals surface area contributed by atoms with Crippen molar-refractivity contribution in [2.45, 2.75) is 89.5 Å². The van der Waals surface area contributed by atoms with E-state index in [-0.39, 0.29) is 0 Å². The van der Waals surface area contributed by atoms with Crippen LogP contribution in [0.25, 0.3) is 0 Å². The molecule has 2 unspecified atom stereocenters. The van der Waals surface area contributed by atoms with Crippen molar-refractivity contribution in [2.75, 3.05) is 13.2 Å². The molecule has 0 aromatic heterocycles. The van der Waals surface area contributed by atoms with Gasteiger partial charge in [0.2, 0.25) is 0 Å². The maximum Gasteiger partial charge on any atom is 0.102 e. The van der Waals surface area contributed by atoms with Gasteiger partial charge >= 0.3 is 0 Å². The standard InChI is InChI=1S/C16H36N2O3/c17-15(19)11-7-3-1-5-9-13-21-14-10-6-2-4-8-12-16(18)20/h15-16,19-20H,1-14,17-18H2. The predicted octanol–water partition coefficient (Wildman–Crippen LogP) is 2.24. The Morgan fingerprint density at radius 2 is 0.905 bits per heavy atom. The third-order valence-corrected chi connectivity index (χ3v) is 3.58. The number of hydrogen-bond acceptors (Lipinski definition) is 5. The lowest BCUT2D eigenvalue weighted by Crippen LogP contribution is -2.17. The van der Waals surface area contributed by atoms with Crippen molar-refractivity contribution < 1.29 is 14.9 Å². The van der Waals surface area contributed by atoms with Crippen LogP contribution in [0.1, 0.15) is 77.0 Å². The Hall–Kier alpha value is -0.200. The summed E-state index contributed by atoms with van der Waals surface area (Å²) in [6.07, 6.45) is 11.5. The molecule has 21 heavy (non-hydrogen) atoms. The van der Waals surface area contributed by atoms with Crippen LogP contribution in [-0.2, 0) is 4.74 Å². The van der Waals surface area contributed by atoms with E-state index in [1.165, 1.54) is 25.7 Å². The van der Waals surface area contributed by atoms with Gasteiger partial charge < -0.3 is 26.4 Å². The summed E-state index contributed by atoms with van der Waals surface area (Å²) in [5.74, 6) is 0. The number of hydrogen-bond donors (Lipinski definition) is 4. The second-order valence-corrected chi connectivity index (χ2v) is 5.86. The van der Waals surface area contributed by atoms with Crippen molar-refractivity contribution in [2.24, 2.45) is 11.5 Å². The average molecular weight is 304 g/mol. The fourth-order valence-electron chi connectivity index (χ4n) is 2.28. The molecule has 0 rings (SSSR count). The number of aliphatic hydroxyl groups excluding tert-OH is 2. The lowest BCUT2D eigenvalue weighted by Gasteiger charge is -2.06. The summed E-state index contributed by atoms with van der Waals surface area (Å²) in [7, 11) is 0. The van der Waals surface area contributed by atoms with E-state index in [9.17, 15) is 0 Å². The van der Waals surface area contributed by atoms with Crippen LogP contribution in [0.4, 0.5) is 0 Å². The van der Waals surface area contributed by atoms with Gasteiger partial charge in [-0.25, -0.2) is 0 Å². The van der Waals surface area contributed by atoms with Crippen LogP contribution in [0.3, 0.4) is 0 Å². The van der Waals surface area contributed by atoms with Crippen molar-refractivity contribution >= 4 is 0 Å². The van der Waals surface area contributed by atoms with Crippen LogP contribution >= 0.6 is 0 Å². The normalized spacial score (nSPS) is 14.3. The van der Waals surface area contributed by atoms with E-state index >= 15 is 0 Å². The third-order valence-electron chi connectivity index (χ3n) is 3.58. The zero-order chi connectivity index (χ0) is 15.8. The van der Waals surface area contributed by atoms with Crippen LogP contribution < -0.4 is 11.5 Å². The van der Waals surface area contributed by atoms with Crippen LogP contribution in [0.15, 0.2) is 0 Å². The van der Waals surface area contributed by atoms with Crippen LogP contribution in [-0.4, -0.2) is 35.9 Å². The second-order valence-electron chi connectivity index (χ2n) is 5.86. The molecule has 0 amide bonds. The van der Waals surface area contributed by atoms with Gasteiger partial charge in [-0.15, -0.1) is 0 Å². The third kappa shape index (κ3) is 19.8. The SMILES string of the molecule is NC(O)CCCCCCCOCCCCCCCC(N)O. The Balaban J connectivity index is 2.96. The lowest BCUT2D eigenvalue weighted by atomic mass is 10.1. The van der Waals surface area contributed by atoms with Crippen molar-refractivity contribution in [3.05, 3.63) is 0 Å². The first kappa shape index (κ1) is 20.8. The molecule has 0 fully saturated rings. The number of unbranched alkanes of at least 4 members (excludes halogenated alkanes) is 8. The van der Waals surface area contributed by atoms with Gasteiger partial charge in [0.25, 0.3) is 0 Å². The Kier molecular flexibility index (Phi) is 16.0. The number of ether oxygens (including phenoxy) is 1. The molecule has 0 aliphatic heterocycles. The summed E-state index contributed by atoms with van der Waals surface area (Å²) in [6, 6.07) is 0. The molecule has 0 radical (unpaired) electrons. The average Bonchev–Trinajstić information content (AvgIpc) is 2.42. The molecule has 0 aromatic rings. The molecule has 0 aliphatic carbocycles. The molecule has 0 aromatic carbocycles. The van der Waals surface area contributed by atoms with Crippen LogP contribution in [0, 0.1) is 0 Å². The molecule has 128 valence electrons. The van der Waals surface area contributed by atoms with E-state index in [0.29, 0.717) is 12.8 Å². The van der Waals surface area contributed by atoms with Crippen molar-refractivity contribution in [1.29, 1.82) is 0 Å². The molecular formula is C16H36N2O3. The summed E-state index contributed by atoms with van der Waals surface area (Å²) in [6.45, 7) is 1.72. The highest BCUT2D eigenvalue weighted by Gasteiger charge is 1.97. The molecule has 5 nitrogen and oxygen atoms in total. The Morgan fingerprint density at radius 3 is 1.29 bits per heavy atom. The minimum absolute atomic E-state index is 0.645. The van der Waals surface area contributed by atoms with Gasteiger partial charge in [0.1, 0.15) is 12.5 Å². The topological polar surface area (TPSA) is 102 Å². The van der Waals surface area contributed by atoms with Crippen molar-refractivity contribution in [1.82, 2.24) is 0 Å². The van der Waals surface area contributed by atoms with Gasteiger partial charge in [0, 0.05) is 13.2 Å². The largest absolute Gasteiger partial charge is 0.381 e. The van der Waals surface area contributed by atoms with E-state index in [0.717, 1.165) is 51.7 Å². The summed E-state index contributed by atoms with van der Waals surface area (Å²) in [4.78, 5) is 0. The molecule has 0 saturated carbocycles. The maximum atomic E-state index is 8.91. The maximum absolute atomic E-state index is 8.91. The number of nitrogens with two attached hydrogens (primary N) is 2. The fraction of sp³-hybridized carbons (Fsp3) is 1.00. The summed E-state index contributed by atoms with van der Waals surface area (Å²) >= 11 is 0. The molecule has 0 bridgehead atoms. The minimum atomic E-state index is -0.645. The minimum Gasteiger partial charge on any atom is -0.381 e. The first-order valence-electron chi connectivity index (χ1n) is 8.58. The second kappa shape index (κ2) is 16.2. The highest BCUT2D eigenvalue weighted by atomic mass is 16.5. The molecule has 0 saturated heterocycles. The number of aliphatic hydroxyl groups is 2. The quantitative estimate of drug-likeness (QED) is 0.259. The molecule has 0 spiro atoms. The van der Waals surface area contributed by atoms with Crippen LogP contribution in [0.2, 0.25) is 0 Å². The zero-order valence-corrected chi connectivity index (χ0v) is 13.5. The molecule has 0 aliphatic rings. The lowest BCUT2D eigenvalue weighted by molar-refractivity contribution is 0.125. The van der Waals surface area contributed by atoms with Gasteiger partial charge in [-0.05, 0) is 38.5 Å². The first-order chi connectivity index (χ1) is 10.1. The van der Waals surface area contributed by atoms with Gasteiger partial charge in [0.05, 0.1) is 0 Å². The van der Waals surface area contributed by atoms with E-state index < -0.39 is 12.5 Å². The predicted molar refractivity (Wildman–Crippen MR) is 86.6 cm³/mol. The Labute approximate surface area is 130 Å². The van der Waals surface area contributed by atoms with Crippen molar-refractivity contribution in [3.8, 4) is 0 Å². The monoisotopic (exact) mass is 304 g/mol. The van der Waals surface area contributed by atoms with Gasteiger partial charge in [-0.3, -0.25) is 0 Å². The molecule has 5 heteroatoms. The Morgan fingerprint density at radius 1 is 0.571 bits per heavy atom. The highest BCUT2D eigenvalue weighted by molar-refractivity contribution is 4.50. The van der Waals surface area contributed by atoms with E-state index in [2.05, 4.69) is 0 Å². The zero-order valence-electron chi connectivity index (χ0n) is 13.5.